The van der Waals surface area contributed by atoms with Crippen LogP contribution < -0.4 is 11.1 Å². The number of aryl methyl sites for hydroxylation is 1. The predicted molar refractivity (Wildman–Crippen MR) is 90.4 cm³/mol. The van der Waals surface area contributed by atoms with Gasteiger partial charge in [0.1, 0.15) is 5.52 Å². The highest BCUT2D eigenvalue weighted by Gasteiger charge is 2.12. The highest BCUT2D eigenvalue weighted by molar-refractivity contribution is 5.87. The molecular formula is C16H20N6O. The van der Waals surface area contributed by atoms with Crippen molar-refractivity contribution in [2.24, 2.45) is 0 Å². The summed E-state index contributed by atoms with van der Waals surface area (Å²) < 4.78 is 7.15. The first kappa shape index (κ1) is 15.2. The monoisotopic (exact) mass is 312 g/mol. The summed E-state index contributed by atoms with van der Waals surface area (Å²) in [6.45, 7) is 3.87. The molecule has 0 unspecified atom stereocenters. The minimum Gasteiger partial charge on any atom is -0.383 e. The fourth-order valence-corrected chi connectivity index (χ4v) is 2.51. The minimum atomic E-state index is 0.254. The predicted octanol–water partition coefficient (Wildman–Crippen LogP) is 1.82. The Bertz CT molecular complexity index is 813. The summed E-state index contributed by atoms with van der Waals surface area (Å²) in [4.78, 5) is 13.2. The van der Waals surface area contributed by atoms with Crippen LogP contribution in [0.2, 0.25) is 0 Å². The number of fused-ring (bicyclic) bond motifs is 1. The molecule has 3 rings (SSSR count). The molecular weight excluding hydrogens is 292 g/mol. The van der Waals surface area contributed by atoms with Crippen LogP contribution in [0.1, 0.15) is 11.4 Å². The van der Waals surface area contributed by atoms with Gasteiger partial charge in [0, 0.05) is 25.5 Å². The Morgan fingerprint density at radius 2 is 2.09 bits per heavy atom. The van der Waals surface area contributed by atoms with Gasteiger partial charge in [-0.1, -0.05) is 6.07 Å². The van der Waals surface area contributed by atoms with E-state index in [1.165, 1.54) is 0 Å². The molecule has 0 spiro atoms. The van der Waals surface area contributed by atoms with E-state index in [-0.39, 0.29) is 5.95 Å². The first-order valence-electron chi connectivity index (χ1n) is 7.45. The van der Waals surface area contributed by atoms with E-state index in [2.05, 4.69) is 24.8 Å². The molecule has 0 aliphatic rings. The molecule has 0 amide bonds. The molecule has 0 aliphatic carbocycles. The number of hydrogen-bond acceptors (Lipinski definition) is 6. The lowest BCUT2D eigenvalue weighted by Gasteiger charge is -2.11. The molecule has 3 aromatic heterocycles. The summed E-state index contributed by atoms with van der Waals surface area (Å²) in [5.74, 6) is 0.964. The average Bonchev–Trinajstić information content (AvgIpc) is 2.90. The van der Waals surface area contributed by atoms with Crippen LogP contribution in [-0.2, 0) is 11.3 Å². The van der Waals surface area contributed by atoms with Crippen molar-refractivity contribution < 1.29 is 4.74 Å². The van der Waals surface area contributed by atoms with E-state index in [1.54, 1.807) is 7.11 Å². The number of nitrogen functional groups attached to an aromatic ring is 1. The molecule has 0 saturated carbocycles. The van der Waals surface area contributed by atoms with Crippen molar-refractivity contribution in [1.29, 1.82) is 0 Å². The van der Waals surface area contributed by atoms with Crippen LogP contribution in [0.25, 0.3) is 11.0 Å². The molecule has 0 bridgehead atoms. The molecule has 120 valence electrons. The molecule has 0 radical (unpaired) electrons. The number of aromatic nitrogens is 4. The van der Waals surface area contributed by atoms with E-state index >= 15 is 0 Å². The molecule has 0 saturated heterocycles. The fourth-order valence-electron chi connectivity index (χ4n) is 2.51. The van der Waals surface area contributed by atoms with Crippen LogP contribution >= 0.6 is 0 Å². The van der Waals surface area contributed by atoms with Crippen LogP contribution in [0.15, 0.2) is 30.5 Å². The summed E-state index contributed by atoms with van der Waals surface area (Å²) >= 11 is 0. The maximum Gasteiger partial charge on any atom is 0.222 e. The standard InChI is InChI=1S/C16H20N6O/c1-11-4-3-5-12(19-11)10-22-8-6-13-14(22)15(18-7-9-23-2)21-16(17)20-13/h3-6,8H,7,9-10H2,1-2H3,(H3,17,18,20,21). The Labute approximate surface area is 134 Å². The second kappa shape index (κ2) is 6.62. The van der Waals surface area contributed by atoms with Gasteiger partial charge >= 0.3 is 0 Å². The Hall–Kier alpha value is -2.67. The van der Waals surface area contributed by atoms with Gasteiger partial charge in [-0.2, -0.15) is 4.98 Å². The lowest BCUT2D eigenvalue weighted by Crippen LogP contribution is -2.12. The van der Waals surface area contributed by atoms with Crippen LogP contribution in [0.5, 0.6) is 0 Å². The number of pyridine rings is 1. The summed E-state index contributed by atoms with van der Waals surface area (Å²) in [6, 6.07) is 7.94. The molecule has 3 heterocycles. The zero-order chi connectivity index (χ0) is 16.2. The number of nitrogens with one attached hydrogen (secondary N) is 1. The first-order valence-corrected chi connectivity index (χ1v) is 7.45. The largest absolute Gasteiger partial charge is 0.383 e. The smallest absolute Gasteiger partial charge is 0.222 e. The number of anilines is 2. The van der Waals surface area contributed by atoms with Gasteiger partial charge in [-0.25, -0.2) is 4.98 Å². The van der Waals surface area contributed by atoms with Gasteiger partial charge in [0.15, 0.2) is 5.82 Å². The van der Waals surface area contributed by atoms with Crippen molar-refractivity contribution in [1.82, 2.24) is 19.5 Å². The van der Waals surface area contributed by atoms with Crippen LogP contribution in [0.4, 0.5) is 11.8 Å². The SMILES string of the molecule is COCCNc1nc(N)nc2ccn(Cc3cccc(C)n3)c12. The number of nitrogens with two attached hydrogens (primary N) is 1. The van der Waals surface area contributed by atoms with E-state index in [1.807, 2.05) is 37.4 Å². The number of nitrogens with zero attached hydrogens (tertiary/aromatic N) is 4. The van der Waals surface area contributed by atoms with Crippen molar-refractivity contribution in [3.05, 3.63) is 41.9 Å². The van der Waals surface area contributed by atoms with E-state index in [0.29, 0.717) is 25.5 Å². The minimum absolute atomic E-state index is 0.254. The van der Waals surface area contributed by atoms with Crippen molar-refractivity contribution in [3.8, 4) is 0 Å². The summed E-state index contributed by atoms with van der Waals surface area (Å²) in [5, 5.41) is 3.26. The van der Waals surface area contributed by atoms with Gasteiger partial charge in [0.05, 0.1) is 24.4 Å². The Morgan fingerprint density at radius 3 is 2.87 bits per heavy atom. The Morgan fingerprint density at radius 1 is 1.22 bits per heavy atom. The van der Waals surface area contributed by atoms with Gasteiger partial charge in [0.2, 0.25) is 5.95 Å². The number of methoxy groups -OCH3 is 1. The molecule has 0 atom stereocenters. The van der Waals surface area contributed by atoms with E-state index in [4.69, 9.17) is 10.5 Å². The zero-order valence-corrected chi connectivity index (χ0v) is 13.3. The zero-order valence-electron chi connectivity index (χ0n) is 13.3. The molecule has 3 N–H and O–H groups in total. The normalized spacial score (nSPS) is 11.0. The second-order valence-corrected chi connectivity index (χ2v) is 5.30. The van der Waals surface area contributed by atoms with Gasteiger partial charge < -0.3 is 20.4 Å². The van der Waals surface area contributed by atoms with Gasteiger partial charge in [-0.05, 0) is 25.1 Å². The van der Waals surface area contributed by atoms with Crippen LogP contribution in [0, 0.1) is 6.92 Å². The topological polar surface area (TPSA) is 90.9 Å². The third-order valence-corrected chi connectivity index (χ3v) is 3.50. The van der Waals surface area contributed by atoms with Crippen LogP contribution in [0.3, 0.4) is 0 Å². The number of hydrogen-bond donors (Lipinski definition) is 2. The molecule has 0 fully saturated rings. The van der Waals surface area contributed by atoms with E-state index in [9.17, 15) is 0 Å². The fraction of sp³-hybridized carbons (Fsp3) is 0.312. The quantitative estimate of drug-likeness (QED) is 0.675. The Balaban J connectivity index is 1.97. The Kier molecular flexibility index (Phi) is 4.38. The lowest BCUT2D eigenvalue weighted by molar-refractivity contribution is 0.210. The number of ether oxygens (including phenoxy) is 1. The molecule has 23 heavy (non-hydrogen) atoms. The highest BCUT2D eigenvalue weighted by atomic mass is 16.5. The van der Waals surface area contributed by atoms with E-state index < -0.39 is 0 Å². The maximum absolute atomic E-state index is 5.80. The lowest BCUT2D eigenvalue weighted by atomic mass is 10.3. The summed E-state index contributed by atoms with van der Waals surface area (Å²) in [7, 11) is 1.66. The first-order chi connectivity index (χ1) is 11.2. The van der Waals surface area contributed by atoms with Crippen molar-refractivity contribution >= 4 is 22.8 Å². The third kappa shape index (κ3) is 3.40. The number of rotatable bonds is 6. The van der Waals surface area contributed by atoms with Crippen molar-refractivity contribution in [3.63, 3.8) is 0 Å². The van der Waals surface area contributed by atoms with Crippen molar-refractivity contribution in [2.75, 3.05) is 31.3 Å². The molecule has 7 heteroatoms. The van der Waals surface area contributed by atoms with E-state index in [0.717, 1.165) is 22.4 Å². The van der Waals surface area contributed by atoms with Gasteiger partial charge in [0.25, 0.3) is 0 Å². The average molecular weight is 312 g/mol. The highest BCUT2D eigenvalue weighted by Crippen LogP contribution is 2.23. The summed E-state index contributed by atoms with van der Waals surface area (Å²) in [5.41, 5.74) is 9.51. The van der Waals surface area contributed by atoms with Gasteiger partial charge in [-0.15, -0.1) is 0 Å². The molecule has 0 aromatic carbocycles. The maximum atomic E-state index is 5.80. The van der Waals surface area contributed by atoms with Gasteiger partial charge in [-0.3, -0.25) is 4.98 Å². The molecule has 3 aromatic rings. The second-order valence-electron chi connectivity index (χ2n) is 5.30. The van der Waals surface area contributed by atoms with Crippen LogP contribution in [-0.4, -0.2) is 39.8 Å². The molecule has 0 aliphatic heterocycles. The third-order valence-electron chi connectivity index (χ3n) is 3.50. The molecule has 7 nitrogen and oxygen atoms in total. The van der Waals surface area contributed by atoms with Crippen molar-refractivity contribution in [2.45, 2.75) is 13.5 Å². The summed E-state index contributed by atoms with van der Waals surface area (Å²) in [6.07, 6.45) is 1.98.